The van der Waals surface area contributed by atoms with Gasteiger partial charge in [-0.3, -0.25) is 0 Å². The Bertz CT molecular complexity index is 459. The number of ether oxygens (including phenoxy) is 1. The van der Waals surface area contributed by atoms with Gasteiger partial charge in [0.1, 0.15) is 13.6 Å². The van der Waals surface area contributed by atoms with Gasteiger partial charge in [0, 0.05) is 17.1 Å². The summed E-state index contributed by atoms with van der Waals surface area (Å²) in [6, 6.07) is 5.58. The lowest BCUT2D eigenvalue weighted by atomic mass is 9.94. The molecule has 1 aromatic carbocycles. The number of hydrogen-bond donors (Lipinski definition) is 2. The van der Waals surface area contributed by atoms with Gasteiger partial charge in [0.2, 0.25) is 0 Å². The fourth-order valence-corrected chi connectivity index (χ4v) is 2.22. The smallest absolute Gasteiger partial charge is 0.197 e. The second-order valence-corrected chi connectivity index (χ2v) is 4.28. The van der Waals surface area contributed by atoms with E-state index in [1.165, 1.54) is 0 Å². The summed E-state index contributed by atoms with van der Waals surface area (Å²) in [4.78, 5) is 0. The van der Waals surface area contributed by atoms with Crippen LogP contribution in [0.4, 0.5) is 0 Å². The average molecular weight is 232 g/mol. The van der Waals surface area contributed by atoms with Gasteiger partial charge in [0.15, 0.2) is 6.23 Å². The molecule has 0 saturated heterocycles. The molecule has 1 aromatic rings. The van der Waals surface area contributed by atoms with Gasteiger partial charge in [-0.05, 0) is 0 Å². The zero-order valence-corrected chi connectivity index (χ0v) is 9.34. The molecule has 1 atom stereocenters. The van der Waals surface area contributed by atoms with Crippen LogP contribution in [0.25, 0.3) is 0 Å². The van der Waals surface area contributed by atoms with Crippen molar-refractivity contribution in [1.82, 2.24) is 10.6 Å². The van der Waals surface area contributed by atoms with Crippen LogP contribution in [0.1, 0.15) is 11.8 Å². The van der Waals surface area contributed by atoms with Crippen LogP contribution in [0.2, 0.25) is 5.02 Å². The fourth-order valence-electron chi connectivity index (χ4n) is 1.99. The van der Waals surface area contributed by atoms with E-state index in [0.717, 1.165) is 30.1 Å². The summed E-state index contributed by atoms with van der Waals surface area (Å²) in [7, 11) is 5.76. The zero-order chi connectivity index (χ0) is 11.1. The molecule has 0 saturated carbocycles. The summed E-state index contributed by atoms with van der Waals surface area (Å²) in [5.74, 6) is 0.975. The fraction of sp³-hybridized carbons (Fsp3) is 0.273. The monoisotopic (exact) mass is 232 g/mol. The van der Waals surface area contributed by atoms with Crippen LogP contribution in [-0.4, -0.2) is 20.9 Å². The first-order valence-corrected chi connectivity index (χ1v) is 5.53. The summed E-state index contributed by atoms with van der Waals surface area (Å²) in [6.07, 6.45) is -0.205. The molecule has 2 heterocycles. The van der Waals surface area contributed by atoms with Gasteiger partial charge in [-0.15, -0.1) is 0 Å². The minimum Gasteiger partial charge on any atom is -0.468 e. The lowest BCUT2D eigenvalue weighted by Crippen LogP contribution is -2.24. The Balaban J connectivity index is 1.88. The molecule has 2 aliphatic rings. The highest BCUT2D eigenvalue weighted by Gasteiger charge is 2.30. The minimum atomic E-state index is -0.205. The first kappa shape index (κ1) is 10.1. The van der Waals surface area contributed by atoms with Gasteiger partial charge in [0.25, 0.3) is 0 Å². The Morgan fingerprint density at radius 3 is 3.06 bits per heavy atom. The van der Waals surface area contributed by atoms with E-state index in [1.54, 1.807) is 6.07 Å². The van der Waals surface area contributed by atoms with Crippen LogP contribution >= 0.6 is 11.6 Å². The van der Waals surface area contributed by atoms with E-state index in [-0.39, 0.29) is 6.23 Å². The molecule has 0 spiro atoms. The summed E-state index contributed by atoms with van der Waals surface area (Å²) in [5, 5.41) is 7.06. The molecule has 3 rings (SSSR count). The number of halogens is 1. The first-order chi connectivity index (χ1) is 7.75. The van der Waals surface area contributed by atoms with Crippen molar-refractivity contribution in [3.8, 4) is 0 Å². The van der Waals surface area contributed by atoms with Crippen LogP contribution in [0.5, 0.6) is 0 Å². The second kappa shape index (κ2) is 3.72. The predicted octanol–water partition coefficient (Wildman–Crippen LogP) is 0.567. The predicted molar refractivity (Wildman–Crippen MR) is 63.7 cm³/mol. The van der Waals surface area contributed by atoms with Crippen LogP contribution in [-0.2, 0) is 4.74 Å². The highest BCUT2D eigenvalue weighted by atomic mass is 35.5. The summed E-state index contributed by atoms with van der Waals surface area (Å²) in [6.45, 7) is 1.60. The van der Waals surface area contributed by atoms with Crippen molar-refractivity contribution in [2.75, 3.05) is 13.1 Å². The van der Waals surface area contributed by atoms with Crippen molar-refractivity contribution < 1.29 is 4.74 Å². The van der Waals surface area contributed by atoms with Crippen molar-refractivity contribution in [2.24, 2.45) is 0 Å². The largest absolute Gasteiger partial charge is 0.468 e. The van der Waals surface area contributed by atoms with Gasteiger partial charge in [-0.1, -0.05) is 35.3 Å². The molecule has 16 heavy (non-hydrogen) atoms. The van der Waals surface area contributed by atoms with Crippen molar-refractivity contribution in [3.05, 3.63) is 40.2 Å². The normalized spacial score (nSPS) is 22.9. The number of hydrogen-bond acceptors (Lipinski definition) is 3. The zero-order valence-electron chi connectivity index (χ0n) is 8.59. The Morgan fingerprint density at radius 2 is 2.25 bits per heavy atom. The number of nitrogens with one attached hydrogen (secondary N) is 2. The molecule has 1 unspecified atom stereocenters. The summed E-state index contributed by atoms with van der Waals surface area (Å²) >= 11 is 6.15. The van der Waals surface area contributed by atoms with Gasteiger partial charge in [-0.2, -0.15) is 0 Å². The van der Waals surface area contributed by atoms with Crippen molar-refractivity contribution in [3.63, 3.8) is 0 Å². The molecular formula is C11H10BClN2O. The molecule has 5 heteroatoms. The van der Waals surface area contributed by atoms with E-state index < -0.39 is 0 Å². The molecule has 0 fully saturated rings. The third kappa shape index (κ3) is 1.49. The van der Waals surface area contributed by atoms with E-state index >= 15 is 0 Å². The molecule has 0 aliphatic carbocycles. The third-order valence-electron chi connectivity index (χ3n) is 2.83. The molecule has 0 aromatic heterocycles. The van der Waals surface area contributed by atoms with Crippen LogP contribution < -0.4 is 16.1 Å². The molecule has 0 bridgehead atoms. The third-order valence-corrected chi connectivity index (χ3v) is 3.27. The van der Waals surface area contributed by atoms with Crippen LogP contribution in [0.15, 0.2) is 29.7 Å². The molecule has 2 N–H and O–H groups in total. The van der Waals surface area contributed by atoms with Crippen molar-refractivity contribution in [1.29, 1.82) is 0 Å². The lowest BCUT2D eigenvalue weighted by molar-refractivity contribution is 0.124. The van der Waals surface area contributed by atoms with E-state index in [2.05, 4.69) is 10.6 Å². The molecule has 0 amide bonds. The first-order valence-electron chi connectivity index (χ1n) is 5.15. The lowest BCUT2D eigenvalue weighted by Gasteiger charge is -2.17. The van der Waals surface area contributed by atoms with Crippen molar-refractivity contribution >= 4 is 24.9 Å². The van der Waals surface area contributed by atoms with Crippen molar-refractivity contribution in [2.45, 2.75) is 6.23 Å². The quantitative estimate of drug-likeness (QED) is 0.695. The summed E-state index contributed by atoms with van der Waals surface area (Å²) < 4.78 is 5.77. The highest BCUT2D eigenvalue weighted by molar-refractivity contribution is 6.45. The van der Waals surface area contributed by atoms with Gasteiger partial charge >= 0.3 is 0 Å². The standard InChI is InChI=1S/C11H10BClN2O/c12-7-3-1-2-6(10(7)13)11-15-8-4-14-5-9(8)16-11/h1-3,11,14-15H,4-5H2. The Labute approximate surface area is 100 Å². The van der Waals surface area contributed by atoms with Gasteiger partial charge in [-0.25, -0.2) is 0 Å². The maximum absolute atomic E-state index is 6.15. The maximum atomic E-state index is 6.15. The molecular weight excluding hydrogens is 222 g/mol. The van der Waals surface area contributed by atoms with E-state index in [1.807, 2.05) is 12.1 Å². The maximum Gasteiger partial charge on any atom is 0.197 e. The average Bonchev–Trinajstić information content (AvgIpc) is 2.81. The van der Waals surface area contributed by atoms with Crippen LogP contribution in [0.3, 0.4) is 0 Å². The van der Waals surface area contributed by atoms with E-state index in [9.17, 15) is 0 Å². The Hall–Kier alpha value is -1.13. The molecule has 80 valence electrons. The summed E-state index contributed by atoms with van der Waals surface area (Å²) in [5.41, 5.74) is 2.58. The minimum absolute atomic E-state index is 0.205. The molecule has 2 aliphatic heterocycles. The molecule has 3 nitrogen and oxygen atoms in total. The topological polar surface area (TPSA) is 33.3 Å². The number of benzene rings is 1. The van der Waals surface area contributed by atoms with Gasteiger partial charge < -0.3 is 15.4 Å². The molecule has 2 radical (unpaired) electrons. The Morgan fingerprint density at radius 1 is 1.38 bits per heavy atom. The van der Waals surface area contributed by atoms with Gasteiger partial charge in [0.05, 0.1) is 12.2 Å². The van der Waals surface area contributed by atoms with E-state index in [4.69, 9.17) is 24.2 Å². The number of rotatable bonds is 1. The SMILES string of the molecule is [B]c1cccc(C2NC3=C(CNC3)O2)c1Cl. The van der Waals surface area contributed by atoms with Crippen LogP contribution in [0, 0.1) is 0 Å². The highest BCUT2D eigenvalue weighted by Crippen LogP contribution is 2.31. The Kier molecular flexibility index (Phi) is 2.34. The van der Waals surface area contributed by atoms with E-state index in [0.29, 0.717) is 10.5 Å². The second-order valence-electron chi connectivity index (χ2n) is 3.90.